The van der Waals surface area contributed by atoms with E-state index in [0.717, 1.165) is 12.8 Å². The van der Waals surface area contributed by atoms with Crippen LogP contribution in [0.1, 0.15) is 84.5 Å². The molecule has 0 unspecified atom stereocenters. The van der Waals surface area contributed by atoms with Crippen molar-refractivity contribution in [2.24, 2.45) is 0 Å². The summed E-state index contributed by atoms with van der Waals surface area (Å²) < 4.78 is 0. The molecule has 108 valence electrons. The van der Waals surface area contributed by atoms with E-state index in [1.165, 1.54) is 57.8 Å². The van der Waals surface area contributed by atoms with Crippen LogP contribution < -0.4 is 5.48 Å². The Morgan fingerprint density at radius 3 is 2.22 bits per heavy atom. The summed E-state index contributed by atoms with van der Waals surface area (Å²) in [5.41, 5.74) is 3.84. The van der Waals surface area contributed by atoms with E-state index in [9.17, 15) is 0 Å². The molecule has 0 saturated heterocycles. The second kappa shape index (κ2) is 14.7. The van der Waals surface area contributed by atoms with Crippen LogP contribution in [0, 0.1) is 0 Å². The highest BCUT2D eigenvalue weighted by molar-refractivity contribution is 5.01. The fourth-order valence-corrected chi connectivity index (χ4v) is 2.20. The van der Waals surface area contributed by atoms with Crippen LogP contribution in [0.25, 0.3) is 0 Å². The van der Waals surface area contributed by atoms with Gasteiger partial charge in [-0.3, -0.25) is 0 Å². The Bertz CT molecular complexity index is 190. The normalized spacial score (nSPS) is 12.1. The molecule has 2 nitrogen and oxygen atoms in total. The highest BCUT2D eigenvalue weighted by Crippen LogP contribution is 2.17. The lowest BCUT2D eigenvalue weighted by atomic mass is 10.0. The zero-order valence-corrected chi connectivity index (χ0v) is 12.5. The van der Waals surface area contributed by atoms with Crippen LogP contribution >= 0.6 is 0 Å². The van der Waals surface area contributed by atoms with Gasteiger partial charge in [-0.05, 0) is 32.1 Å². The summed E-state index contributed by atoms with van der Waals surface area (Å²) in [6, 6.07) is 0. The number of hydroxylamine groups is 1. The maximum absolute atomic E-state index is 8.58. The molecule has 0 aliphatic rings. The first-order valence-electron chi connectivity index (χ1n) is 7.90. The van der Waals surface area contributed by atoms with Gasteiger partial charge in [-0.2, -0.15) is 0 Å². The van der Waals surface area contributed by atoms with E-state index in [1.54, 1.807) is 5.57 Å². The summed E-state index contributed by atoms with van der Waals surface area (Å²) >= 11 is 0. The molecule has 0 heterocycles. The van der Waals surface area contributed by atoms with Crippen LogP contribution in [0.15, 0.2) is 11.6 Å². The van der Waals surface area contributed by atoms with Crippen LogP contribution in [0.2, 0.25) is 0 Å². The largest absolute Gasteiger partial charge is 0.317 e. The Kier molecular flexibility index (Phi) is 14.4. The second-order valence-corrected chi connectivity index (χ2v) is 5.18. The standard InChI is InChI=1S/C16H33NO/c1-3-5-7-8-9-10-13-16(12-6-4-2)14-11-15-17-18/h12,17-18H,3-11,13-15H2,1-2H3/b16-12+. The van der Waals surface area contributed by atoms with Crippen LogP contribution in [0.5, 0.6) is 0 Å². The number of allylic oxidation sites excluding steroid dienone is 2. The van der Waals surface area contributed by atoms with E-state index < -0.39 is 0 Å². The highest BCUT2D eigenvalue weighted by Gasteiger charge is 1.98. The predicted octanol–water partition coefficient (Wildman–Crippen LogP) is 5.22. The van der Waals surface area contributed by atoms with Crippen molar-refractivity contribution in [3.8, 4) is 0 Å². The summed E-state index contributed by atoms with van der Waals surface area (Å²) in [7, 11) is 0. The fraction of sp³-hybridized carbons (Fsp3) is 0.875. The maximum Gasteiger partial charge on any atom is 0.0210 e. The van der Waals surface area contributed by atoms with Gasteiger partial charge < -0.3 is 5.21 Å². The number of rotatable bonds is 13. The molecule has 0 rings (SSSR count). The van der Waals surface area contributed by atoms with Crippen molar-refractivity contribution in [2.45, 2.75) is 84.5 Å². The number of unbranched alkanes of at least 4 members (excludes halogenated alkanes) is 6. The van der Waals surface area contributed by atoms with Gasteiger partial charge in [0.15, 0.2) is 0 Å². The second-order valence-electron chi connectivity index (χ2n) is 5.18. The smallest absolute Gasteiger partial charge is 0.0210 e. The van der Waals surface area contributed by atoms with Gasteiger partial charge in [0.05, 0.1) is 0 Å². The van der Waals surface area contributed by atoms with Gasteiger partial charge in [-0.15, -0.1) is 0 Å². The highest BCUT2D eigenvalue weighted by atomic mass is 16.5. The minimum Gasteiger partial charge on any atom is -0.317 e. The van der Waals surface area contributed by atoms with Crippen molar-refractivity contribution in [3.63, 3.8) is 0 Å². The first-order chi connectivity index (χ1) is 8.85. The topological polar surface area (TPSA) is 32.3 Å². The summed E-state index contributed by atoms with van der Waals surface area (Å²) in [6.07, 6.45) is 16.5. The van der Waals surface area contributed by atoms with E-state index in [4.69, 9.17) is 5.21 Å². The Morgan fingerprint density at radius 1 is 0.889 bits per heavy atom. The van der Waals surface area contributed by atoms with Gasteiger partial charge in [0.2, 0.25) is 0 Å². The fourth-order valence-electron chi connectivity index (χ4n) is 2.20. The molecule has 0 amide bonds. The third-order valence-corrected chi connectivity index (χ3v) is 3.36. The third kappa shape index (κ3) is 12.1. The van der Waals surface area contributed by atoms with E-state index in [1.807, 2.05) is 0 Å². The lowest BCUT2D eigenvalue weighted by Crippen LogP contribution is -2.08. The first kappa shape index (κ1) is 17.7. The minimum absolute atomic E-state index is 0.708. The van der Waals surface area contributed by atoms with E-state index >= 15 is 0 Å². The average Bonchev–Trinajstić information content (AvgIpc) is 2.39. The lowest BCUT2D eigenvalue weighted by Gasteiger charge is -2.08. The molecule has 0 saturated carbocycles. The van der Waals surface area contributed by atoms with Gasteiger partial charge in [-0.1, -0.05) is 64.0 Å². The molecule has 0 bridgehead atoms. The monoisotopic (exact) mass is 255 g/mol. The third-order valence-electron chi connectivity index (χ3n) is 3.36. The molecule has 0 fully saturated rings. The zero-order valence-electron chi connectivity index (χ0n) is 12.5. The summed E-state index contributed by atoms with van der Waals surface area (Å²) in [5, 5.41) is 8.58. The van der Waals surface area contributed by atoms with Crippen LogP contribution in [0.3, 0.4) is 0 Å². The predicted molar refractivity (Wildman–Crippen MR) is 80.0 cm³/mol. The molecule has 18 heavy (non-hydrogen) atoms. The molecule has 0 aliphatic carbocycles. The summed E-state index contributed by atoms with van der Waals surface area (Å²) in [4.78, 5) is 0. The molecule has 0 aromatic carbocycles. The SMILES string of the molecule is CCC/C=C(\CCCCCCCC)CCCNO. The zero-order chi connectivity index (χ0) is 13.5. The van der Waals surface area contributed by atoms with Crippen LogP contribution in [-0.2, 0) is 0 Å². The Morgan fingerprint density at radius 2 is 1.56 bits per heavy atom. The Labute approximate surface area is 114 Å². The molecular weight excluding hydrogens is 222 g/mol. The molecule has 0 atom stereocenters. The molecular formula is C16H33NO. The van der Waals surface area contributed by atoms with Crippen molar-refractivity contribution >= 4 is 0 Å². The summed E-state index contributed by atoms with van der Waals surface area (Å²) in [6.45, 7) is 5.20. The van der Waals surface area contributed by atoms with Crippen molar-refractivity contribution in [1.29, 1.82) is 0 Å². The molecule has 0 radical (unpaired) electrons. The quantitative estimate of drug-likeness (QED) is 0.268. The van der Waals surface area contributed by atoms with Crippen molar-refractivity contribution in [2.75, 3.05) is 6.54 Å². The maximum atomic E-state index is 8.58. The first-order valence-corrected chi connectivity index (χ1v) is 7.90. The molecule has 0 aromatic heterocycles. The van der Waals surface area contributed by atoms with Crippen LogP contribution in [-0.4, -0.2) is 11.8 Å². The van der Waals surface area contributed by atoms with Crippen molar-refractivity contribution < 1.29 is 5.21 Å². The van der Waals surface area contributed by atoms with Crippen molar-refractivity contribution in [1.82, 2.24) is 5.48 Å². The van der Waals surface area contributed by atoms with Gasteiger partial charge in [0.25, 0.3) is 0 Å². The minimum atomic E-state index is 0.708. The van der Waals surface area contributed by atoms with Crippen molar-refractivity contribution in [3.05, 3.63) is 11.6 Å². The van der Waals surface area contributed by atoms with Gasteiger partial charge in [0.1, 0.15) is 0 Å². The van der Waals surface area contributed by atoms with E-state index in [0.29, 0.717) is 6.54 Å². The van der Waals surface area contributed by atoms with Gasteiger partial charge in [0, 0.05) is 6.54 Å². The van der Waals surface area contributed by atoms with Gasteiger partial charge in [-0.25, -0.2) is 5.48 Å². The van der Waals surface area contributed by atoms with Crippen LogP contribution in [0.4, 0.5) is 0 Å². The Hall–Kier alpha value is -0.340. The van der Waals surface area contributed by atoms with E-state index in [-0.39, 0.29) is 0 Å². The molecule has 2 heteroatoms. The Balaban J connectivity index is 3.65. The van der Waals surface area contributed by atoms with Gasteiger partial charge >= 0.3 is 0 Å². The van der Waals surface area contributed by atoms with E-state index in [2.05, 4.69) is 25.4 Å². The molecule has 0 spiro atoms. The summed E-state index contributed by atoms with van der Waals surface area (Å²) in [5.74, 6) is 0. The average molecular weight is 255 g/mol. The molecule has 2 N–H and O–H groups in total. The molecule has 0 aliphatic heterocycles. The molecule has 0 aromatic rings. The number of nitrogens with one attached hydrogen (secondary N) is 1. The lowest BCUT2D eigenvalue weighted by molar-refractivity contribution is 0.165. The number of hydrogen-bond donors (Lipinski definition) is 2. The number of hydrogen-bond acceptors (Lipinski definition) is 2.